The van der Waals surface area contributed by atoms with Gasteiger partial charge in [-0.3, -0.25) is 9.89 Å². The molecule has 1 aromatic carbocycles. The molecule has 0 aromatic heterocycles. The minimum Gasteiger partial charge on any atom is -0.444 e. The van der Waals surface area contributed by atoms with Gasteiger partial charge in [0.1, 0.15) is 5.60 Å². The van der Waals surface area contributed by atoms with Crippen LogP contribution in [-0.2, 0) is 11.3 Å². The maximum Gasteiger partial charge on any atom is 0.407 e. The number of amides is 1. The lowest BCUT2D eigenvalue weighted by atomic mass is 10.1. The van der Waals surface area contributed by atoms with Crippen LogP contribution in [0.25, 0.3) is 0 Å². The fourth-order valence-electron chi connectivity index (χ4n) is 2.53. The van der Waals surface area contributed by atoms with Gasteiger partial charge in [-0.15, -0.1) is 0 Å². The third-order valence-electron chi connectivity index (χ3n) is 4.19. The third kappa shape index (κ3) is 10.8. The van der Waals surface area contributed by atoms with E-state index in [2.05, 4.69) is 64.1 Å². The third-order valence-corrected chi connectivity index (χ3v) is 4.19. The molecule has 0 heterocycles. The standard InChI is InChI=1S/C21H37N5O2/c1-17(26(6)16-18-10-8-7-9-11-18)12-13-23-19(22-5)24-14-15-25-20(27)28-21(2,3)4/h7-11,17H,12-16H2,1-6H3,(H,25,27)(H2,22,23,24). The van der Waals surface area contributed by atoms with Crippen LogP contribution in [-0.4, -0.2) is 62.3 Å². The van der Waals surface area contributed by atoms with Crippen molar-refractivity contribution in [2.24, 2.45) is 4.99 Å². The van der Waals surface area contributed by atoms with Crippen molar-refractivity contribution in [3.63, 3.8) is 0 Å². The summed E-state index contributed by atoms with van der Waals surface area (Å²) in [5, 5.41) is 9.22. The molecule has 1 aromatic rings. The Balaban J connectivity index is 2.20. The molecule has 7 nitrogen and oxygen atoms in total. The Kier molecular flexibility index (Phi) is 10.4. The van der Waals surface area contributed by atoms with E-state index in [1.807, 2.05) is 26.8 Å². The summed E-state index contributed by atoms with van der Waals surface area (Å²) in [5.41, 5.74) is 0.833. The van der Waals surface area contributed by atoms with E-state index < -0.39 is 11.7 Å². The summed E-state index contributed by atoms with van der Waals surface area (Å²) < 4.78 is 5.20. The molecule has 0 aliphatic rings. The minimum absolute atomic E-state index is 0.410. The molecule has 0 aliphatic carbocycles. The van der Waals surface area contributed by atoms with Gasteiger partial charge in [0.2, 0.25) is 0 Å². The molecule has 28 heavy (non-hydrogen) atoms. The second kappa shape index (κ2) is 12.2. The zero-order chi connectivity index (χ0) is 21.0. The fourth-order valence-corrected chi connectivity index (χ4v) is 2.53. The highest BCUT2D eigenvalue weighted by Gasteiger charge is 2.15. The molecule has 1 unspecified atom stereocenters. The number of carbonyl (C=O) groups is 1. The summed E-state index contributed by atoms with van der Waals surface area (Å²) in [6.45, 7) is 10.5. The monoisotopic (exact) mass is 391 g/mol. The van der Waals surface area contributed by atoms with E-state index in [0.29, 0.717) is 19.1 Å². The van der Waals surface area contributed by atoms with Crippen LogP contribution in [0.1, 0.15) is 39.7 Å². The Labute approximate surface area is 169 Å². The number of benzene rings is 1. The first-order valence-corrected chi connectivity index (χ1v) is 9.87. The molecule has 0 saturated heterocycles. The largest absolute Gasteiger partial charge is 0.444 e. The fraction of sp³-hybridized carbons (Fsp3) is 0.619. The lowest BCUT2D eigenvalue weighted by Crippen LogP contribution is -2.43. The van der Waals surface area contributed by atoms with Gasteiger partial charge >= 0.3 is 6.09 Å². The maximum absolute atomic E-state index is 11.6. The van der Waals surface area contributed by atoms with E-state index in [-0.39, 0.29) is 0 Å². The number of carbonyl (C=O) groups excluding carboxylic acids is 1. The molecule has 7 heteroatoms. The van der Waals surface area contributed by atoms with Crippen LogP contribution in [0, 0.1) is 0 Å². The van der Waals surface area contributed by atoms with Gasteiger partial charge in [0.15, 0.2) is 5.96 Å². The zero-order valence-electron chi connectivity index (χ0n) is 18.2. The van der Waals surface area contributed by atoms with Crippen molar-refractivity contribution < 1.29 is 9.53 Å². The van der Waals surface area contributed by atoms with Gasteiger partial charge in [-0.2, -0.15) is 0 Å². The number of guanidine groups is 1. The molecular weight excluding hydrogens is 354 g/mol. The maximum atomic E-state index is 11.6. The molecular formula is C21H37N5O2. The van der Waals surface area contributed by atoms with Crippen molar-refractivity contribution in [2.45, 2.75) is 52.3 Å². The molecule has 0 radical (unpaired) electrons. The number of hydrogen-bond acceptors (Lipinski definition) is 4. The molecule has 3 N–H and O–H groups in total. The van der Waals surface area contributed by atoms with E-state index in [1.54, 1.807) is 7.05 Å². The molecule has 1 amide bonds. The van der Waals surface area contributed by atoms with Crippen molar-refractivity contribution in [3.8, 4) is 0 Å². The highest BCUT2D eigenvalue weighted by molar-refractivity contribution is 5.79. The quantitative estimate of drug-likeness (QED) is 0.343. The van der Waals surface area contributed by atoms with Crippen LogP contribution in [0.5, 0.6) is 0 Å². The summed E-state index contributed by atoms with van der Waals surface area (Å²) in [5.74, 6) is 0.726. The van der Waals surface area contributed by atoms with Gasteiger partial charge < -0.3 is 20.7 Å². The van der Waals surface area contributed by atoms with Gasteiger partial charge in [-0.25, -0.2) is 4.79 Å². The van der Waals surface area contributed by atoms with E-state index in [9.17, 15) is 4.79 Å². The topological polar surface area (TPSA) is 78.0 Å². The molecule has 1 atom stereocenters. The highest BCUT2D eigenvalue weighted by atomic mass is 16.6. The highest BCUT2D eigenvalue weighted by Crippen LogP contribution is 2.08. The Bertz CT molecular complexity index is 599. The second-order valence-electron chi connectivity index (χ2n) is 7.89. The van der Waals surface area contributed by atoms with Gasteiger partial charge in [0, 0.05) is 39.3 Å². The Morgan fingerprint density at radius 1 is 1.11 bits per heavy atom. The summed E-state index contributed by atoms with van der Waals surface area (Å²) in [6.07, 6.45) is 0.590. The molecule has 0 saturated carbocycles. The number of nitrogens with one attached hydrogen (secondary N) is 3. The van der Waals surface area contributed by atoms with E-state index in [1.165, 1.54) is 5.56 Å². The van der Waals surface area contributed by atoms with Gasteiger partial charge in [-0.05, 0) is 46.7 Å². The van der Waals surface area contributed by atoms with Crippen molar-refractivity contribution >= 4 is 12.1 Å². The number of alkyl carbamates (subject to hydrolysis) is 1. The Morgan fingerprint density at radius 2 is 1.71 bits per heavy atom. The van der Waals surface area contributed by atoms with Crippen molar-refractivity contribution in [1.29, 1.82) is 0 Å². The van der Waals surface area contributed by atoms with Crippen LogP contribution < -0.4 is 16.0 Å². The second-order valence-corrected chi connectivity index (χ2v) is 7.89. The lowest BCUT2D eigenvalue weighted by molar-refractivity contribution is 0.0529. The van der Waals surface area contributed by atoms with E-state index in [0.717, 1.165) is 25.5 Å². The number of aliphatic imine (C=N–C) groups is 1. The minimum atomic E-state index is -0.487. The van der Waals surface area contributed by atoms with Gasteiger partial charge in [0.05, 0.1) is 0 Å². The Hall–Kier alpha value is -2.28. The predicted molar refractivity (Wildman–Crippen MR) is 116 cm³/mol. The first kappa shape index (κ1) is 23.8. The number of hydrogen-bond donors (Lipinski definition) is 3. The molecule has 0 fully saturated rings. The summed E-state index contributed by atoms with van der Waals surface area (Å²) in [4.78, 5) is 18.2. The Morgan fingerprint density at radius 3 is 2.32 bits per heavy atom. The predicted octanol–water partition coefficient (Wildman–Crippen LogP) is 2.59. The van der Waals surface area contributed by atoms with Crippen LogP contribution in [0.3, 0.4) is 0 Å². The number of rotatable bonds is 9. The molecule has 158 valence electrons. The van der Waals surface area contributed by atoms with Crippen LogP contribution in [0.15, 0.2) is 35.3 Å². The lowest BCUT2D eigenvalue weighted by Gasteiger charge is -2.25. The SMILES string of the molecule is CN=C(NCCNC(=O)OC(C)(C)C)NCCC(C)N(C)Cc1ccccc1. The summed E-state index contributed by atoms with van der Waals surface area (Å²) >= 11 is 0. The van der Waals surface area contributed by atoms with Crippen molar-refractivity contribution in [3.05, 3.63) is 35.9 Å². The average molecular weight is 392 g/mol. The molecule has 1 rings (SSSR count). The van der Waals surface area contributed by atoms with E-state index in [4.69, 9.17) is 4.74 Å². The first-order chi connectivity index (χ1) is 13.2. The van der Waals surface area contributed by atoms with E-state index >= 15 is 0 Å². The molecule has 0 aliphatic heterocycles. The summed E-state index contributed by atoms with van der Waals surface area (Å²) in [6, 6.07) is 10.9. The molecule has 0 bridgehead atoms. The normalized spacial score (nSPS) is 13.2. The zero-order valence-corrected chi connectivity index (χ0v) is 18.2. The van der Waals surface area contributed by atoms with Crippen LogP contribution in [0.2, 0.25) is 0 Å². The van der Waals surface area contributed by atoms with Crippen molar-refractivity contribution in [2.75, 3.05) is 33.7 Å². The van der Waals surface area contributed by atoms with Crippen LogP contribution >= 0.6 is 0 Å². The number of ether oxygens (including phenoxy) is 1. The van der Waals surface area contributed by atoms with Crippen molar-refractivity contribution in [1.82, 2.24) is 20.9 Å². The molecule has 0 spiro atoms. The van der Waals surface area contributed by atoms with Gasteiger partial charge in [-0.1, -0.05) is 30.3 Å². The number of nitrogens with zero attached hydrogens (tertiary/aromatic N) is 2. The van der Waals surface area contributed by atoms with Gasteiger partial charge in [0.25, 0.3) is 0 Å². The van der Waals surface area contributed by atoms with Crippen LogP contribution in [0.4, 0.5) is 4.79 Å². The first-order valence-electron chi connectivity index (χ1n) is 9.87. The smallest absolute Gasteiger partial charge is 0.407 e. The summed E-state index contributed by atoms with van der Waals surface area (Å²) in [7, 11) is 3.88. The average Bonchev–Trinajstić information content (AvgIpc) is 2.62.